The summed E-state index contributed by atoms with van der Waals surface area (Å²) in [6.07, 6.45) is 4.95. The molecule has 2 aliphatic carbocycles. The third-order valence-electron chi connectivity index (χ3n) is 5.70. The number of hydrogen-bond donors (Lipinski definition) is 0. The molecule has 2 atom stereocenters. The van der Waals surface area contributed by atoms with Gasteiger partial charge in [0.2, 0.25) is 0 Å². The average Bonchev–Trinajstić information content (AvgIpc) is 3.36. The Kier molecular flexibility index (Phi) is 6.25. The molecule has 7 rings (SSSR count). The van der Waals surface area contributed by atoms with Crippen LogP contribution in [0.15, 0.2) is 60.4 Å². The van der Waals surface area contributed by atoms with E-state index in [-0.39, 0.29) is 24.8 Å². The van der Waals surface area contributed by atoms with Crippen LogP contribution in [0, 0.1) is 0 Å². The van der Waals surface area contributed by atoms with Crippen LogP contribution in [0.25, 0.3) is 23.3 Å². The number of hydrogen-bond acceptors (Lipinski definition) is 3. The van der Waals surface area contributed by atoms with E-state index in [4.69, 9.17) is 0 Å². The van der Waals surface area contributed by atoms with Crippen molar-refractivity contribution in [1.82, 2.24) is 0 Å². The van der Waals surface area contributed by atoms with Crippen molar-refractivity contribution >= 4 is 90.4 Å². The first kappa shape index (κ1) is 22.7. The van der Waals surface area contributed by atoms with E-state index >= 15 is 0 Å². The van der Waals surface area contributed by atoms with Gasteiger partial charge in [0.25, 0.3) is 0 Å². The number of allylic oxidation sites excluding steroid dienone is 2. The van der Waals surface area contributed by atoms with Crippen molar-refractivity contribution in [3.63, 3.8) is 0 Å². The molecular weight excluding hydrogens is 682 g/mol. The summed E-state index contributed by atoms with van der Waals surface area (Å²) in [5, 5.41) is 11.8. The monoisotopic (exact) mass is 688 g/mol. The molecule has 0 nitrogen and oxygen atoms in total. The van der Waals surface area contributed by atoms with Crippen LogP contribution in [-0.4, -0.2) is 10.5 Å². The average molecular weight is 692 g/mol. The van der Waals surface area contributed by atoms with Gasteiger partial charge in [0.05, 0.1) is 0 Å². The van der Waals surface area contributed by atoms with Crippen LogP contribution in [0.5, 0.6) is 0 Å². The molecule has 30 heavy (non-hydrogen) atoms. The SMILES string of the molecule is Brc1cc2c3c(c1)=CC1SC=[C]([Zr+2][C]4=CSC5C=c6cc(Br)cc(c6=C45)S2)C=31.[Cl-].[Cl-]. The Hall–Kier alpha value is 0.873. The maximum Gasteiger partial charge on any atom is -1.00 e. The predicted molar refractivity (Wildman–Crippen MR) is 126 cm³/mol. The molecule has 8 heteroatoms. The second-order valence-electron chi connectivity index (χ2n) is 7.30. The molecule has 148 valence electrons. The van der Waals surface area contributed by atoms with Gasteiger partial charge in [-0.05, 0) is 0 Å². The van der Waals surface area contributed by atoms with Gasteiger partial charge in [0.1, 0.15) is 0 Å². The van der Waals surface area contributed by atoms with E-state index in [1.54, 1.807) is 17.7 Å². The first-order valence-corrected chi connectivity index (χ1v) is 15.7. The topological polar surface area (TPSA) is 0 Å². The quantitative estimate of drug-likeness (QED) is 0.323. The summed E-state index contributed by atoms with van der Waals surface area (Å²) in [5.41, 5.74) is 3.24. The largest absolute Gasteiger partial charge is 1.00 e. The minimum Gasteiger partial charge on any atom is -1.00 e. The second-order valence-corrected chi connectivity index (χ2v) is 15.5. The van der Waals surface area contributed by atoms with Crippen LogP contribution in [0.3, 0.4) is 0 Å². The van der Waals surface area contributed by atoms with Crippen LogP contribution in [-0.2, 0) is 23.2 Å². The number of benzene rings is 2. The van der Waals surface area contributed by atoms with Crippen LogP contribution in [0.2, 0.25) is 0 Å². The van der Waals surface area contributed by atoms with Crippen molar-refractivity contribution in [2.75, 3.05) is 0 Å². The minimum atomic E-state index is -0.834. The van der Waals surface area contributed by atoms with Gasteiger partial charge in [-0.2, -0.15) is 0 Å². The van der Waals surface area contributed by atoms with Crippen molar-refractivity contribution in [2.24, 2.45) is 0 Å². The van der Waals surface area contributed by atoms with E-state index < -0.39 is 23.2 Å². The maximum atomic E-state index is 3.77. The van der Waals surface area contributed by atoms with Crippen LogP contribution >= 0.6 is 67.1 Å². The third-order valence-corrected chi connectivity index (χ3v) is 14.2. The van der Waals surface area contributed by atoms with Crippen LogP contribution in [0.1, 0.15) is 0 Å². The van der Waals surface area contributed by atoms with Crippen molar-refractivity contribution < 1.29 is 48.0 Å². The molecule has 0 bridgehead atoms. The van der Waals surface area contributed by atoms with Gasteiger partial charge in [-0.1, -0.05) is 0 Å². The van der Waals surface area contributed by atoms with Gasteiger partial charge in [-0.15, -0.1) is 0 Å². The van der Waals surface area contributed by atoms with Gasteiger partial charge in [0.15, 0.2) is 0 Å². The third kappa shape index (κ3) is 3.27. The zero-order valence-corrected chi connectivity index (χ0v) is 24.6. The standard InChI is InChI=1S/C22H10Br2S3.2ClH.Zr/c23-13-5-11-7-17-15(1-3-25-17)21(11)19(9-13)27-20-10-14(24)6-12-8-18-16(22(12)20)2-4-26-18;;;/h3-10,17-18H;2*1H;/q;;;+2/p-2. The molecular formula is C22H10Br2Cl2S3Zr. The molecule has 0 spiro atoms. The summed E-state index contributed by atoms with van der Waals surface area (Å²) in [6.45, 7) is 0. The van der Waals surface area contributed by atoms with Gasteiger partial charge >= 0.3 is 205 Å². The van der Waals surface area contributed by atoms with Crippen LogP contribution in [0.4, 0.5) is 0 Å². The van der Waals surface area contributed by atoms with E-state index in [0.29, 0.717) is 10.5 Å². The van der Waals surface area contributed by atoms with E-state index in [0.717, 1.165) is 0 Å². The molecule has 2 unspecified atom stereocenters. The fourth-order valence-corrected chi connectivity index (χ4v) is 14.5. The molecule has 2 aromatic rings. The number of thioether (sulfide) groups is 2. The Bertz CT molecular complexity index is 1350. The van der Waals surface area contributed by atoms with E-state index in [9.17, 15) is 0 Å². The van der Waals surface area contributed by atoms with E-state index in [1.807, 2.05) is 35.3 Å². The molecule has 0 radical (unpaired) electrons. The summed E-state index contributed by atoms with van der Waals surface area (Å²) >= 11 is 12.7. The van der Waals surface area contributed by atoms with Gasteiger partial charge in [-0.25, -0.2) is 0 Å². The normalized spacial score (nSPS) is 22.9. The minimum absolute atomic E-state index is 0. The Labute approximate surface area is 227 Å². The Morgan fingerprint density at radius 2 is 1.17 bits per heavy atom. The van der Waals surface area contributed by atoms with E-state index in [1.165, 1.54) is 39.6 Å². The fourth-order valence-electron chi connectivity index (χ4n) is 4.64. The zero-order valence-electron chi connectivity index (χ0n) is 15.0. The summed E-state index contributed by atoms with van der Waals surface area (Å²) in [4.78, 5) is 2.79. The molecule has 2 aromatic carbocycles. The predicted octanol–water partition coefficient (Wildman–Crippen LogP) is -1.73. The Balaban J connectivity index is 0.000000963. The molecule has 0 saturated carbocycles. The first-order chi connectivity index (χ1) is 13.7. The maximum absolute atomic E-state index is 3.77. The second kappa shape index (κ2) is 8.27. The Morgan fingerprint density at radius 1 is 0.700 bits per heavy atom. The molecule has 5 aliphatic rings. The van der Waals surface area contributed by atoms with Gasteiger partial charge in [0, 0.05) is 0 Å². The molecule has 3 aliphatic heterocycles. The van der Waals surface area contributed by atoms with Crippen molar-refractivity contribution in [1.29, 1.82) is 0 Å². The molecule has 0 saturated heterocycles. The zero-order chi connectivity index (χ0) is 18.6. The van der Waals surface area contributed by atoms with E-state index in [2.05, 4.69) is 79.1 Å². The van der Waals surface area contributed by atoms with Crippen LogP contribution < -0.4 is 45.7 Å². The van der Waals surface area contributed by atoms with Gasteiger partial charge in [-0.3, -0.25) is 0 Å². The fraction of sp³-hybridized carbons (Fsp3) is 0.0909. The summed E-state index contributed by atoms with van der Waals surface area (Å²) in [7, 11) is 0. The van der Waals surface area contributed by atoms with Gasteiger partial charge < -0.3 is 24.8 Å². The first-order valence-electron chi connectivity index (χ1n) is 8.94. The van der Waals surface area contributed by atoms with Crippen molar-refractivity contribution in [3.8, 4) is 0 Å². The summed E-state index contributed by atoms with van der Waals surface area (Å²) < 4.78 is 5.73. The smallest absolute Gasteiger partial charge is 1.00 e. The molecule has 3 heterocycles. The van der Waals surface area contributed by atoms with Crippen molar-refractivity contribution in [3.05, 3.63) is 71.5 Å². The van der Waals surface area contributed by atoms with Crippen molar-refractivity contribution in [2.45, 2.75) is 20.3 Å². The number of rotatable bonds is 0. The molecule has 0 amide bonds. The molecule has 0 fully saturated rings. The molecule has 0 N–H and O–H groups in total. The number of halogens is 4. The Morgan fingerprint density at radius 3 is 1.63 bits per heavy atom. The summed E-state index contributed by atoms with van der Waals surface area (Å²) in [5.74, 6) is 0. The molecule has 0 aromatic heterocycles. The summed E-state index contributed by atoms with van der Waals surface area (Å²) in [6, 6.07) is 9.26.